The highest BCUT2D eigenvalue weighted by atomic mass is 16.5. The summed E-state index contributed by atoms with van der Waals surface area (Å²) < 4.78 is 7.61. The number of nitrogens with zero attached hydrogens (tertiary/aromatic N) is 4. The molecule has 2 aromatic heterocycles. The van der Waals surface area contributed by atoms with Gasteiger partial charge >= 0.3 is 0 Å². The number of anilines is 2. The summed E-state index contributed by atoms with van der Waals surface area (Å²) in [5, 5.41) is 8.20. The normalized spacial score (nSPS) is 15.0. The molecule has 0 spiro atoms. The van der Waals surface area contributed by atoms with E-state index in [1.807, 2.05) is 75.4 Å². The number of carbonyl (C=O) groups excluding carboxylic acids is 2. The minimum atomic E-state index is -0.649. The highest BCUT2D eigenvalue weighted by Gasteiger charge is 2.36. The second-order valence-electron chi connectivity index (χ2n) is 9.30. The van der Waals surface area contributed by atoms with Gasteiger partial charge in [0.2, 0.25) is 11.8 Å². The van der Waals surface area contributed by atoms with Crippen LogP contribution in [0.15, 0.2) is 54.6 Å². The van der Waals surface area contributed by atoms with E-state index < -0.39 is 6.04 Å². The van der Waals surface area contributed by atoms with Gasteiger partial charge in [-0.2, -0.15) is 0 Å². The van der Waals surface area contributed by atoms with Gasteiger partial charge in [-0.25, -0.2) is 9.67 Å². The average molecular weight is 484 g/mol. The highest BCUT2D eigenvalue weighted by molar-refractivity contribution is 6.06. The molecule has 1 N–H and O–H groups in total. The summed E-state index contributed by atoms with van der Waals surface area (Å²) in [4.78, 5) is 33.1. The molecule has 0 bridgehead atoms. The molecule has 1 atom stereocenters. The van der Waals surface area contributed by atoms with Crippen molar-refractivity contribution in [1.82, 2.24) is 14.8 Å². The number of rotatable bonds is 5. The van der Waals surface area contributed by atoms with E-state index in [0.717, 1.165) is 33.5 Å². The molecule has 2 amide bonds. The Bertz CT molecular complexity index is 1460. The van der Waals surface area contributed by atoms with E-state index in [9.17, 15) is 9.59 Å². The summed E-state index contributed by atoms with van der Waals surface area (Å²) in [7, 11) is 1.80. The molecule has 1 unspecified atom stereocenters. The minimum absolute atomic E-state index is 0.222. The summed E-state index contributed by atoms with van der Waals surface area (Å²) in [6.07, 6.45) is 1.23. The van der Waals surface area contributed by atoms with Crippen LogP contribution in [0, 0.1) is 20.8 Å². The van der Waals surface area contributed by atoms with E-state index >= 15 is 0 Å². The molecular formula is C28H29N5O3. The van der Waals surface area contributed by atoms with Crippen molar-refractivity contribution in [3.8, 4) is 5.88 Å². The third-order valence-electron chi connectivity index (χ3n) is 6.56. The van der Waals surface area contributed by atoms with Crippen molar-refractivity contribution in [2.24, 2.45) is 7.05 Å². The van der Waals surface area contributed by atoms with Crippen LogP contribution in [-0.2, 0) is 23.1 Å². The number of hydrogen-bond acceptors (Lipinski definition) is 5. The lowest BCUT2D eigenvalue weighted by atomic mass is 9.95. The van der Waals surface area contributed by atoms with Crippen LogP contribution in [0.5, 0.6) is 5.88 Å². The highest BCUT2D eigenvalue weighted by Crippen LogP contribution is 2.32. The van der Waals surface area contributed by atoms with Gasteiger partial charge in [-0.3, -0.25) is 14.5 Å². The number of pyridine rings is 1. The van der Waals surface area contributed by atoms with Crippen LogP contribution in [0.1, 0.15) is 28.8 Å². The molecule has 0 saturated carbocycles. The van der Waals surface area contributed by atoms with Crippen LogP contribution < -0.4 is 15.0 Å². The second-order valence-corrected chi connectivity index (χ2v) is 9.30. The van der Waals surface area contributed by atoms with E-state index in [-0.39, 0.29) is 18.4 Å². The van der Waals surface area contributed by atoms with Gasteiger partial charge in [0.1, 0.15) is 6.04 Å². The molecule has 0 radical (unpaired) electrons. The van der Waals surface area contributed by atoms with E-state index in [0.29, 0.717) is 30.1 Å². The van der Waals surface area contributed by atoms with Gasteiger partial charge in [0.25, 0.3) is 5.91 Å². The zero-order valence-electron chi connectivity index (χ0n) is 20.9. The van der Waals surface area contributed by atoms with E-state index in [2.05, 4.69) is 15.4 Å². The molecule has 1 aliphatic heterocycles. The Morgan fingerprint density at radius 1 is 1.08 bits per heavy atom. The van der Waals surface area contributed by atoms with Crippen molar-refractivity contribution >= 4 is 34.2 Å². The maximum Gasteiger partial charge on any atom is 0.265 e. The van der Waals surface area contributed by atoms with Crippen LogP contribution >= 0.6 is 0 Å². The van der Waals surface area contributed by atoms with Crippen molar-refractivity contribution in [3.05, 3.63) is 77.0 Å². The standard InChI is InChI=1S/C28H29N5O3/c1-17-9-12-21(13-10-17)30-27(35)23-14-11-20-7-5-6-8-22(20)33(23)24(34)16-36-28-25-18(2)15-19(3)29-26(25)32(4)31-28/h5-10,12-13,15,23H,11,14,16H2,1-4H3,(H,30,35). The first-order valence-corrected chi connectivity index (χ1v) is 12.0. The third kappa shape index (κ3) is 4.42. The molecular weight excluding hydrogens is 454 g/mol. The molecule has 4 aromatic rings. The van der Waals surface area contributed by atoms with Gasteiger partial charge in [0.05, 0.1) is 5.39 Å². The molecule has 0 saturated heterocycles. The number of ether oxygens (including phenoxy) is 1. The number of nitrogens with one attached hydrogen (secondary N) is 1. The van der Waals surface area contributed by atoms with Crippen molar-refractivity contribution < 1.29 is 14.3 Å². The zero-order chi connectivity index (χ0) is 25.4. The lowest BCUT2D eigenvalue weighted by Gasteiger charge is -2.36. The maximum atomic E-state index is 13.6. The number of amides is 2. The Labute approximate surface area is 209 Å². The minimum Gasteiger partial charge on any atom is -0.466 e. The molecule has 36 heavy (non-hydrogen) atoms. The summed E-state index contributed by atoms with van der Waals surface area (Å²) in [6.45, 7) is 5.65. The summed E-state index contributed by atoms with van der Waals surface area (Å²) in [5.74, 6) is -0.167. The molecule has 0 fully saturated rings. The monoisotopic (exact) mass is 483 g/mol. The SMILES string of the molecule is Cc1ccc(NC(=O)C2CCc3ccccc3N2C(=O)COc2nn(C)c3nc(C)cc(C)c23)cc1. The van der Waals surface area contributed by atoms with Crippen LogP contribution in [0.4, 0.5) is 11.4 Å². The number of carbonyl (C=O) groups is 2. The van der Waals surface area contributed by atoms with Crippen molar-refractivity contribution in [2.45, 2.75) is 39.7 Å². The van der Waals surface area contributed by atoms with Gasteiger partial charge in [-0.05, 0) is 69.0 Å². The topological polar surface area (TPSA) is 89.4 Å². The number of para-hydroxylation sites is 1. The third-order valence-corrected chi connectivity index (χ3v) is 6.56. The number of hydrogen-bond donors (Lipinski definition) is 1. The predicted octanol–water partition coefficient (Wildman–Crippen LogP) is 4.26. The largest absolute Gasteiger partial charge is 0.466 e. The fraction of sp³-hybridized carbons (Fsp3) is 0.286. The van der Waals surface area contributed by atoms with Gasteiger partial charge < -0.3 is 10.1 Å². The fourth-order valence-corrected chi connectivity index (χ4v) is 4.82. The number of aromatic nitrogens is 3. The van der Waals surface area contributed by atoms with Gasteiger partial charge in [0.15, 0.2) is 12.3 Å². The smallest absolute Gasteiger partial charge is 0.265 e. The Morgan fingerprint density at radius 2 is 1.83 bits per heavy atom. The Balaban J connectivity index is 1.41. The Kier molecular flexibility index (Phi) is 6.18. The van der Waals surface area contributed by atoms with E-state index in [1.165, 1.54) is 0 Å². The second kappa shape index (κ2) is 9.45. The fourth-order valence-electron chi connectivity index (χ4n) is 4.82. The Morgan fingerprint density at radius 3 is 2.61 bits per heavy atom. The zero-order valence-corrected chi connectivity index (χ0v) is 20.9. The molecule has 3 heterocycles. The van der Waals surface area contributed by atoms with Crippen molar-refractivity contribution in [2.75, 3.05) is 16.8 Å². The summed E-state index contributed by atoms with van der Waals surface area (Å²) >= 11 is 0. The lowest BCUT2D eigenvalue weighted by molar-refractivity contribution is -0.125. The van der Waals surface area contributed by atoms with Crippen LogP contribution in [0.3, 0.4) is 0 Å². The van der Waals surface area contributed by atoms with Crippen LogP contribution in [-0.4, -0.2) is 39.2 Å². The van der Waals surface area contributed by atoms with E-state index in [4.69, 9.17) is 4.74 Å². The summed E-state index contributed by atoms with van der Waals surface area (Å²) in [5.41, 5.74) is 6.14. The van der Waals surface area contributed by atoms with Crippen LogP contribution in [0.2, 0.25) is 0 Å². The molecule has 2 aromatic carbocycles. The number of aryl methyl sites for hydroxylation is 5. The van der Waals surface area contributed by atoms with Crippen molar-refractivity contribution in [3.63, 3.8) is 0 Å². The first-order chi connectivity index (χ1) is 17.3. The predicted molar refractivity (Wildman–Crippen MR) is 139 cm³/mol. The van der Waals surface area contributed by atoms with Gasteiger partial charge in [-0.1, -0.05) is 35.9 Å². The average Bonchev–Trinajstić information content (AvgIpc) is 3.18. The first-order valence-electron chi connectivity index (χ1n) is 12.0. The quantitative estimate of drug-likeness (QED) is 0.458. The van der Waals surface area contributed by atoms with Crippen LogP contribution in [0.25, 0.3) is 11.0 Å². The Hall–Kier alpha value is -4.20. The van der Waals surface area contributed by atoms with Crippen molar-refractivity contribution in [1.29, 1.82) is 0 Å². The number of benzene rings is 2. The summed E-state index contributed by atoms with van der Waals surface area (Å²) in [6, 6.07) is 16.6. The molecule has 5 rings (SSSR count). The van der Waals surface area contributed by atoms with E-state index in [1.54, 1.807) is 16.6 Å². The molecule has 184 valence electrons. The first kappa shape index (κ1) is 23.5. The van der Waals surface area contributed by atoms with Gasteiger partial charge in [-0.15, -0.1) is 5.10 Å². The molecule has 1 aliphatic rings. The molecule has 0 aliphatic carbocycles. The van der Waals surface area contributed by atoms with Gasteiger partial charge in [0, 0.05) is 24.1 Å². The maximum absolute atomic E-state index is 13.6. The molecule has 8 heteroatoms. The number of fused-ring (bicyclic) bond motifs is 2. The lowest BCUT2D eigenvalue weighted by Crippen LogP contribution is -2.51. The molecule has 8 nitrogen and oxygen atoms in total.